The fourth-order valence-electron chi connectivity index (χ4n) is 3.27. The summed E-state index contributed by atoms with van der Waals surface area (Å²) >= 11 is 1.67. The van der Waals surface area contributed by atoms with Crippen LogP contribution in [-0.4, -0.2) is 57.1 Å². The van der Waals surface area contributed by atoms with Gasteiger partial charge in [0.25, 0.3) is 0 Å². The highest BCUT2D eigenvalue weighted by molar-refractivity contribution is 7.09. The van der Waals surface area contributed by atoms with Gasteiger partial charge < -0.3 is 14.9 Å². The standard InChI is InChI=1S/C14H22N2O3S/c1-13(18)4-8-19-14(12(13)17)2-6-16(7-3-14)10-11-15-5-9-20-11/h5,9,12,17-18H,2-4,6-8,10H2,1H3/t12-,13+/m0/s1. The van der Waals surface area contributed by atoms with E-state index in [1.807, 2.05) is 11.6 Å². The monoisotopic (exact) mass is 298 g/mol. The van der Waals surface area contributed by atoms with Gasteiger partial charge in [-0.3, -0.25) is 4.90 Å². The minimum Gasteiger partial charge on any atom is -0.387 e. The minimum absolute atomic E-state index is 0.499. The number of aromatic nitrogens is 1. The molecule has 20 heavy (non-hydrogen) atoms. The largest absolute Gasteiger partial charge is 0.387 e. The van der Waals surface area contributed by atoms with Crippen LogP contribution in [0.4, 0.5) is 0 Å². The van der Waals surface area contributed by atoms with E-state index in [1.54, 1.807) is 18.3 Å². The first-order valence-corrected chi connectivity index (χ1v) is 8.05. The number of piperidine rings is 1. The summed E-state index contributed by atoms with van der Waals surface area (Å²) in [5.41, 5.74) is -1.60. The molecule has 0 bridgehead atoms. The number of likely N-dealkylation sites (tertiary alicyclic amines) is 1. The van der Waals surface area contributed by atoms with Crippen molar-refractivity contribution in [3.63, 3.8) is 0 Å². The zero-order valence-electron chi connectivity index (χ0n) is 11.8. The van der Waals surface area contributed by atoms with Crippen molar-refractivity contribution in [2.45, 2.75) is 50.0 Å². The van der Waals surface area contributed by atoms with Gasteiger partial charge in [-0.1, -0.05) is 0 Å². The van der Waals surface area contributed by atoms with E-state index in [0.29, 0.717) is 13.0 Å². The molecule has 2 aliphatic rings. The molecule has 1 spiro atoms. The zero-order chi connectivity index (χ0) is 14.2. The van der Waals surface area contributed by atoms with Crippen LogP contribution in [0.2, 0.25) is 0 Å². The van der Waals surface area contributed by atoms with Crippen molar-refractivity contribution in [3.8, 4) is 0 Å². The summed E-state index contributed by atoms with van der Waals surface area (Å²) in [5, 5.41) is 23.8. The van der Waals surface area contributed by atoms with Gasteiger partial charge in [-0.25, -0.2) is 4.98 Å². The van der Waals surface area contributed by atoms with Crippen LogP contribution in [0.5, 0.6) is 0 Å². The van der Waals surface area contributed by atoms with Crippen molar-refractivity contribution in [2.75, 3.05) is 19.7 Å². The maximum absolute atomic E-state index is 10.5. The van der Waals surface area contributed by atoms with Crippen LogP contribution in [-0.2, 0) is 11.3 Å². The zero-order valence-corrected chi connectivity index (χ0v) is 12.6. The van der Waals surface area contributed by atoms with Crippen LogP contribution >= 0.6 is 11.3 Å². The van der Waals surface area contributed by atoms with Gasteiger partial charge in [0.1, 0.15) is 11.1 Å². The van der Waals surface area contributed by atoms with Gasteiger partial charge in [-0.15, -0.1) is 11.3 Å². The fraction of sp³-hybridized carbons (Fsp3) is 0.786. The average Bonchev–Trinajstić information content (AvgIpc) is 2.92. The van der Waals surface area contributed by atoms with Crippen molar-refractivity contribution >= 4 is 11.3 Å². The molecule has 2 aliphatic heterocycles. The highest BCUT2D eigenvalue weighted by Crippen LogP contribution is 2.39. The number of hydrogen-bond acceptors (Lipinski definition) is 6. The second-order valence-electron chi connectivity index (χ2n) is 6.12. The SMILES string of the molecule is C[C@@]1(O)CCOC2(CCN(Cc3nccs3)CC2)[C@H]1O. The van der Waals surface area contributed by atoms with E-state index in [2.05, 4.69) is 9.88 Å². The van der Waals surface area contributed by atoms with Gasteiger partial charge in [0, 0.05) is 31.1 Å². The molecule has 2 atom stereocenters. The maximum Gasteiger partial charge on any atom is 0.111 e. The second kappa shape index (κ2) is 5.35. The van der Waals surface area contributed by atoms with Crippen LogP contribution in [0.15, 0.2) is 11.6 Å². The molecule has 0 aliphatic carbocycles. The lowest BCUT2D eigenvalue weighted by Gasteiger charge is -2.51. The predicted octanol–water partition coefficient (Wildman–Crippen LogP) is 1.01. The van der Waals surface area contributed by atoms with Gasteiger partial charge in [0.15, 0.2) is 0 Å². The lowest BCUT2D eigenvalue weighted by atomic mass is 9.75. The summed E-state index contributed by atoms with van der Waals surface area (Å²) in [7, 11) is 0. The van der Waals surface area contributed by atoms with Crippen molar-refractivity contribution in [3.05, 3.63) is 16.6 Å². The van der Waals surface area contributed by atoms with Gasteiger partial charge in [0.05, 0.1) is 24.4 Å². The van der Waals surface area contributed by atoms with Crippen molar-refractivity contribution in [2.24, 2.45) is 0 Å². The Morgan fingerprint density at radius 3 is 2.85 bits per heavy atom. The van der Waals surface area contributed by atoms with Crippen LogP contribution in [0.3, 0.4) is 0 Å². The third-order valence-corrected chi connectivity index (χ3v) is 5.39. The molecule has 6 heteroatoms. The molecule has 0 aromatic carbocycles. The molecule has 3 heterocycles. The Morgan fingerprint density at radius 2 is 2.20 bits per heavy atom. The molecular formula is C14H22N2O3S. The fourth-order valence-corrected chi connectivity index (χ4v) is 3.93. The van der Waals surface area contributed by atoms with Crippen molar-refractivity contribution in [1.82, 2.24) is 9.88 Å². The van der Waals surface area contributed by atoms with Crippen molar-refractivity contribution in [1.29, 1.82) is 0 Å². The van der Waals surface area contributed by atoms with E-state index in [1.165, 1.54) is 0 Å². The highest BCUT2D eigenvalue weighted by atomic mass is 32.1. The number of hydrogen-bond donors (Lipinski definition) is 2. The molecule has 2 fully saturated rings. The Bertz CT molecular complexity index is 441. The van der Waals surface area contributed by atoms with E-state index in [9.17, 15) is 10.2 Å². The molecule has 0 unspecified atom stereocenters. The van der Waals surface area contributed by atoms with Crippen LogP contribution in [0.25, 0.3) is 0 Å². The third-order valence-electron chi connectivity index (χ3n) is 4.63. The first-order chi connectivity index (χ1) is 9.52. The van der Waals surface area contributed by atoms with E-state index in [4.69, 9.17) is 4.74 Å². The summed E-state index contributed by atoms with van der Waals surface area (Å²) in [4.78, 5) is 6.65. The lowest BCUT2D eigenvalue weighted by Crippen LogP contribution is -2.64. The number of rotatable bonds is 2. The van der Waals surface area contributed by atoms with E-state index >= 15 is 0 Å². The van der Waals surface area contributed by atoms with Crippen molar-refractivity contribution < 1.29 is 14.9 Å². The van der Waals surface area contributed by atoms with Crippen LogP contribution < -0.4 is 0 Å². The van der Waals surface area contributed by atoms with Crippen LogP contribution in [0, 0.1) is 0 Å². The minimum atomic E-state index is -1.03. The number of aliphatic hydroxyl groups excluding tert-OH is 1. The summed E-state index contributed by atoms with van der Waals surface area (Å²) in [6.45, 7) is 4.83. The predicted molar refractivity (Wildman–Crippen MR) is 76.6 cm³/mol. The normalized spacial score (nSPS) is 34.5. The molecule has 2 N–H and O–H groups in total. The lowest BCUT2D eigenvalue weighted by molar-refractivity contribution is -0.246. The third kappa shape index (κ3) is 2.63. The Labute approximate surface area is 123 Å². The van der Waals surface area contributed by atoms with Gasteiger partial charge in [0.2, 0.25) is 0 Å². The van der Waals surface area contributed by atoms with Gasteiger partial charge in [-0.2, -0.15) is 0 Å². The number of ether oxygens (including phenoxy) is 1. The Balaban J connectivity index is 1.62. The summed E-state index contributed by atoms with van der Waals surface area (Å²) in [5.74, 6) is 0. The molecule has 2 saturated heterocycles. The molecule has 5 nitrogen and oxygen atoms in total. The first-order valence-electron chi connectivity index (χ1n) is 7.17. The summed E-state index contributed by atoms with van der Waals surface area (Å²) in [6.07, 6.45) is 3.05. The Hall–Kier alpha value is -0.530. The molecule has 0 amide bonds. The first kappa shape index (κ1) is 14.4. The molecule has 0 radical (unpaired) electrons. The quantitative estimate of drug-likeness (QED) is 0.853. The summed E-state index contributed by atoms with van der Waals surface area (Å²) in [6, 6.07) is 0. The van der Waals surface area contributed by atoms with Crippen LogP contribution in [0.1, 0.15) is 31.2 Å². The Kier molecular flexibility index (Phi) is 3.85. The Morgan fingerprint density at radius 1 is 1.45 bits per heavy atom. The number of nitrogens with zero attached hydrogens (tertiary/aromatic N) is 2. The topological polar surface area (TPSA) is 65.8 Å². The molecule has 112 valence electrons. The molecule has 1 aromatic rings. The second-order valence-corrected chi connectivity index (χ2v) is 7.10. The molecule has 0 saturated carbocycles. The average molecular weight is 298 g/mol. The van der Waals surface area contributed by atoms with E-state index in [0.717, 1.165) is 37.5 Å². The van der Waals surface area contributed by atoms with E-state index in [-0.39, 0.29) is 0 Å². The molecular weight excluding hydrogens is 276 g/mol. The van der Waals surface area contributed by atoms with E-state index < -0.39 is 17.3 Å². The molecule has 1 aromatic heterocycles. The maximum atomic E-state index is 10.5. The summed E-state index contributed by atoms with van der Waals surface area (Å²) < 4.78 is 5.89. The van der Waals surface area contributed by atoms with Gasteiger partial charge >= 0.3 is 0 Å². The number of aliphatic hydroxyl groups is 2. The smallest absolute Gasteiger partial charge is 0.111 e. The number of thiazole rings is 1. The highest BCUT2D eigenvalue weighted by Gasteiger charge is 2.52. The molecule has 3 rings (SSSR count). The van der Waals surface area contributed by atoms with Gasteiger partial charge in [-0.05, 0) is 19.8 Å².